The fourth-order valence-electron chi connectivity index (χ4n) is 5.13. The van der Waals surface area contributed by atoms with E-state index in [0.717, 1.165) is 24.8 Å². The second kappa shape index (κ2) is 9.96. The molecule has 2 aromatic carbocycles. The average Bonchev–Trinajstić information content (AvgIpc) is 3.28. The molecule has 1 N–H and O–H groups in total. The summed E-state index contributed by atoms with van der Waals surface area (Å²) in [6.45, 7) is 6.65. The van der Waals surface area contributed by atoms with Gasteiger partial charge in [0.15, 0.2) is 0 Å². The summed E-state index contributed by atoms with van der Waals surface area (Å²) in [6, 6.07) is 23.8. The van der Waals surface area contributed by atoms with Crippen molar-refractivity contribution in [3.05, 3.63) is 95.4 Å². The Morgan fingerprint density at radius 3 is 2.39 bits per heavy atom. The lowest BCUT2D eigenvalue weighted by atomic mass is 9.64. The first-order chi connectivity index (χ1) is 15.8. The quantitative estimate of drug-likeness (QED) is 0.437. The summed E-state index contributed by atoms with van der Waals surface area (Å²) < 4.78 is 11.8. The van der Waals surface area contributed by atoms with Gasteiger partial charge in [0, 0.05) is 12.3 Å². The molecule has 0 amide bonds. The third kappa shape index (κ3) is 5.39. The first-order valence-corrected chi connectivity index (χ1v) is 11.9. The molecule has 174 valence electrons. The summed E-state index contributed by atoms with van der Waals surface area (Å²) >= 11 is 0. The minimum atomic E-state index is -1.42. The molecular weight excluding hydrogens is 412 g/mol. The van der Waals surface area contributed by atoms with E-state index in [-0.39, 0.29) is 23.2 Å². The Kier molecular flexibility index (Phi) is 7.04. The van der Waals surface area contributed by atoms with Crippen molar-refractivity contribution < 1.29 is 19.1 Å². The third-order valence-electron chi connectivity index (χ3n) is 7.16. The van der Waals surface area contributed by atoms with Crippen LogP contribution in [0.25, 0.3) is 0 Å². The van der Waals surface area contributed by atoms with Gasteiger partial charge in [-0.25, -0.2) is 4.79 Å². The summed E-state index contributed by atoms with van der Waals surface area (Å²) in [5.41, 5.74) is 2.20. The van der Waals surface area contributed by atoms with E-state index in [1.807, 2.05) is 42.5 Å². The van der Waals surface area contributed by atoms with Crippen molar-refractivity contribution in [3.63, 3.8) is 0 Å². The number of carbonyl (C=O) groups excluding carboxylic acids is 1. The molecule has 1 heterocycles. The number of ether oxygens (including phenoxy) is 1. The van der Waals surface area contributed by atoms with Crippen molar-refractivity contribution in [2.45, 2.75) is 64.1 Å². The van der Waals surface area contributed by atoms with Crippen molar-refractivity contribution in [2.75, 3.05) is 0 Å². The van der Waals surface area contributed by atoms with Crippen LogP contribution in [0.5, 0.6) is 0 Å². The first-order valence-electron chi connectivity index (χ1n) is 11.9. The van der Waals surface area contributed by atoms with E-state index in [9.17, 15) is 9.90 Å². The van der Waals surface area contributed by atoms with Gasteiger partial charge in [-0.2, -0.15) is 0 Å². The molecule has 0 saturated heterocycles. The lowest BCUT2D eigenvalue weighted by molar-refractivity contribution is -0.167. The van der Waals surface area contributed by atoms with Gasteiger partial charge >= 0.3 is 5.97 Å². The number of carbonyl (C=O) groups is 1. The van der Waals surface area contributed by atoms with Crippen LogP contribution in [-0.2, 0) is 21.4 Å². The van der Waals surface area contributed by atoms with Gasteiger partial charge in [0.2, 0.25) is 6.10 Å². The fraction of sp³-hybridized carbons (Fsp3) is 0.414. The van der Waals surface area contributed by atoms with Crippen molar-refractivity contribution in [1.82, 2.24) is 0 Å². The second-order valence-corrected chi connectivity index (χ2v) is 9.96. The fourth-order valence-corrected chi connectivity index (χ4v) is 5.13. The van der Waals surface area contributed by atoms with Gasteiger partial charge in [0.25, 0.3) is 0 Å². The topological polar surface area (TPSA) is 59.7 Å². The van der Waals surface area contributed by atoms with Gasteiger partial charge in [-0.15, -0.1) is 0 Å². The molecular formula is C29H34O4. The summed E-state index contributed by atoms with van der Waals surface area (Å²) in [6.07, 6.45) is 1.84. The Morgan fingerprint density at radius 1 is 1.03 bits per heavy atom. The van der Waals surface area contributed by atoms with Crippen LogP contribution in [-0.4, -0.2) is 17.2 Å². The summed E-state index contributed by atoms with van der Waals surface area (Å²) in [5, 5.41) is 10.7. The number of benzene rings is 2. The van der Waals surface area contributed by atoms with E-state index < -0.39 is 12.1 Å². The van der Waals surface area contributed by atoms with Gasteiger partial charge in [-0.05, 0) is 47.4 Å². The second-order valence-electron chi connectivity index (χ2n) is 9.96. The highest BCUT2D eigenvalue weighted by Crippen LogP contribution is 2.44. The van der Waals surface area contributed by atoms with Crippen LogP contribution in [0.4, 0.5) is 0 Å². The van der Waals surface area contributed by atoms with E-state index in [1.54, 1.807) is 6.07 Å². The predicted octanol–water partition coefficient (Wildman–Crippen LogP) is 6.23. The van der Waals surface area contributed by atoms with Crippen molar-refractivity contribution in [2.24, 2.45) is 11.8 Å². The average molecular weight is 447 g/mol. The molecule has 4 heteroatoms. The summed E-state index contributed by atoms with van der Waals surface area (Å²) in [5.74, 6) is 0.955. The normalized spacial score (nSPS) is 22.0. The third-order valence-corrected chi connectivity index (χ3v) is 7.16. The Morgan fingerprint density at radius 2 is 1.70 bits per heavy atom. The number of aliphatic hydroxyl groups excluding tert-OH is 1. The Labute approximate surface area is 196 Å². The minimum Gasteiger partial charge on any atom is -0.462 e. The molecule has 3 aromatic rings. The minimum absolute atomic E-state index is 0.148. The van der Waals surface area contributed by atoms with Crippen molar-refractivity contribution in [1.29, 1.82) is 0 Å². The number of hydrogen-bond acceptors (Lipinski definition) is 4. The van der Waals surface area contributed by atoms with Crippen LogP contribution in [0.15, 0.2) is 77.2 Å². The molecule has 0 radical (unpaired) electrons. The highest BCUT2D eigenvalue weighted by atomic mass is 16.6. The van der Waals surface area contributed by atoms with Gasteiger partial charge in [-0.3, -0.25) is 0 Å². The molecule has 33 heavy (non-hydrogen) atoms. The molecule has 1 aliphatic carbocycles. The molecule has 0 unspecified atom stereocenters. The lowest BCUT2D eigenvalue weighted by Crippen LogP contribution is -2.44. The molecule has 0 aliphatic heterocycles. The first kappa shape index (κ1) is 23.3. The summed E-state index contributed by atoms with van der Waals surface area (Å²) in [7, 11) is 0. The van der Waals surface area contributed by atoms with E-state index in [1.165, 1.54) is 5.56 Å². The monoisotopic (exact) mass is 446 g/mol. The van der Waals surface area contributed by atoms with E-state index in [4.69, 9.17) is 9.15 Å². The Hall–Kier alpha value is -2.85. The molecule has 0 spiro atoms. The lowest BCUT2D eigenvalue weighted by Gasteiger charge is -2.44. The zero-order chi connectivity index (χ0) is 23.4. The maximum Gasteiger partial charge on any atom is 0.343 e. The SMILES string of the molecule is C[C@@H]1CC[C@@H](C(C)(C)c2ccccc2)[C@H](OC(=O)[C@H](O)c2ccc(Cc3ccccc3)o2)C1. The number of furan rings is 1. The standard InChI is InChI=1S/C29H34O4/c1-20-14-16-24(29(2,3)22-12-8-5-9-13-22)26(18-20)33-28(31)27(30)25-17-15-23(32-25)19-21-10-6-4-7-11-21/h4-13,15,17,20,24,26-27,30H,14,16,18-19H2,1-3H3/t20-,24-,26-,27-/m1/s1. The molecule has 4 atom stereocenters. The maximum absolute atomic E-state index is 13.0. The Bertz CT molecular complexity index is 1040. The highest BCUT2D eigenvalue weighted by molar-refractivity contribution is 5.75. The van der Waals surface area contributed by atoms with Crippen molar-refractivity contribution >= 4 is 5.97 Å². The largest absolute Gasteiger partial charge is 0.462 e. The number of rotatable bonds is 7. The predicted molar refractivity (Wildman–Crippen MR) is 129 cm³/mol. The molecule has 0 bridgehead atoms. The van der Waals surface area contributed by atoms with Crippen LogP contribution in [0.3, 0.4) is 0 Å². The molecule has 1 fully saturated rings. The number of hydrogen-bond donors (Lipinski definition) is 1. The van der Waals surface area contributed by atoms with Crippen LogP contribution < -0.4 is 0 Å². The van der Waals surface area contributed by atoms with Gasteiger partial charge in [0.1, 0.15) is 17.6 Å². The molecule has 1 aliphatic rings. The van der Waals surface area contributed by atoms with E-state index >= 15 is 0 Å². The molecule has 1 aromatic heterocycles. The van der Waals surface area contributed by atoms with Gasteiger partial charge < -0.3 is 14.3 Å². The zero-order valence-electron chi connectivity index (χ0n) is 19.7. The van der Waals surface area contributed by atoms with Crippen molar-refractivity contribution in [3.8, 4) is 0 Å². The van der Waals surface area contributed by atoms with Crippen LogP contribution in [0, 0.1) is 11.8 Å². The molecule has 1 saturated carbocycles. The van der Waals surface area contributed by atoms with Crippen LogP contribution in [0.2, 0.25) is 0 Å². The van der Waals surface area contributed by atoms with E-state index in [2.05, 4.69) is 45.0 Å². The maximum atomic E-state index is 13.0. The van der Waals surface area contributed by atoms with Crippen LogP contribution in [0.1, 0.15) is 68.8 Å². The summed E-state index contributed by atoms with van der Waals surface area (Å²) in [4.78, 5) is 13.0. The zero-order valence-corrected chi connectivity index (χ0v) is 19.7. The van der Waals surface area contributed by atoms with E-state index in [0.29, 0.717) is 18.1 Å². The number of esters is 1. The van der Waals surface area contributed by atoms with Gasteiger partial charge in [0.05, 0.1) is 0 Å². The molecule has 4 nitrogen and oxygen atoms in total. The highest BCUT2D eigenvalue weighted by Gasteiger charge is 2.42. The number of aliphatic hydroxyl groups is 1. The smallest absolute Gasteiger partial charge is 0.343 e. The molecule has 4 rings (SSSR count). The van der Waals surface area contributed by atoms with Crippen LogP contribution >= 0.6 is 0 Å². The van der Waals surface area contributed by atoms with Gasteiger partial charge in [-0.1, -0.05) is 87.9 Å². The Balaban J connectivity index is 1.46.